The predicted molar refractivity (Wildman–Crippen MR) is 105 cm³/mol. The van der Waals surface area contributed by atoms with Crippen LogP contribution in [0.5, 0.6) is 0 Å². The molecule has 1 fully saturated rings. The van der Waals surface area contributed by atoms with Gasteiger partial charge in [0.05, 0.1) is 5.69 Å². The largest absolute Gasteiger partial charge is 0.354 e. The molecule has 0 radical (unpaired) electrons. The lowest BCUT2D eigenvalue weighted by atomic mass is 10.2. The highest BCUT2D eigenvalue weighted by Crippen LogP contribution is 2.14. The first kappa shape index (κ1) is 17.4. The smallest absolute Gasteiger partial charge is 0.248 e. The van der Waals surface area contributed by atoms with Crippen LogP contribution in [-0.2, 0) is 0 Å². The van der Waals surface area contributed by atoms with Gasteiger partial charge in [0.1, 0.15) is 5.82 Å². The Bertz CT molecular complexity index is 827. The Labute approximate surface area is 158 Å². The van der Waals surface area contributed by atoms with Crippen molar-refractivity contribution in [2.75, 3.05) is 42.9 Å². The summed E-state index contributed by atoms with van der Waals surface area (Å²) in [6.45, 7) is 7.13. The number of tetrazole rings is 1. The van der Waals surface area contributed by atoms with Crippen molar-refractivity contribution < 1.29 is 0 Å². The Balaban J connectivity index is 1.31. The number of nitrogens with one attached hydrogen (secondary N) is 1. The lowest BCUT2D eigenvalue weighted by molar-refractivity contribution is 0.250. The molecule has 1 saturated heterocycles. The number of benzene rings is 1. The van der Waals surface area contributed by atoms with Gasteiger partial charge in [-0.05, 0) is 41.6 Å². The van der Waals surface area contributed by atoms with Crippen molar-refractivity contribution in [2.24, 2.45) is 0 Å². The van der Waals surface area contributed by atoms with E-state index in [1.807, 2.05) is 48.7 Å². The van der Waals surface area contributed by atoms with E-state index < -0.39 is 0 Å². The van der Waals surface area contributed by atoms with E-state index in [4.69, 9.17) is 0 Å². The quantitative estimate of drug-likeness (QED) is 0.713. The molecule has 8 heteroatoms. The molecule has 0 saturated carbocycles. The van der Waals surface area contributed by atoms with Crippen LogP contribution in [-0.4, -0.2) is 68.9 Å². The molecule has 0 aliphatic carbocycles. The maximum Gasteiger partial charge on any atom is 0.248 e. The van der Waals surface area contributed by atoms with Gasteiger partial charge in [0, 0.05) is 45.0 Å². The van der Waals surface area contributed by atoms with Crippen molar-refractivity contribution in [3.63, 3.8) is 0 Å². The second kappa shape index (κ2) is 8.13. The molecule has 0 spiro atoms. The Hall–Kier alpha value is -3.00. The fraction of sp³-hybridized carbons (Fsp3) is 0.368. The first-order valence-corrected chi connectivity index (χ1v) is 9.28. The molecule has 27 heavy (non-hydrogen) atoms. The minimum absolute atomic E-state index is 0.236. The monoisotopic (exact) mass is 364 g/mol. The third kappa shape index (κ3) is 4.22. The summed E-state index contributed by atoms with van der Waals surface area (Å²) in [6, 6.07) is 16.2. The van der Waals surface area contributed by atoms with Gasteiger partial charge >= 0.3 is 0 Å². The third-order valence-electron chi connectivity index (χ3n) is 4.72. The highest BCUT2D eigenvalue weighted by atomic mass is 15.6. The van der Waals surface area contributed by atoms with E-state index in [1.165, 1.54) is 0 Å². The molecule has 1 N–H and O–H groups in total. The molecule has 0 bridgehead atoms. The van der Waals surface area contributed by atoms with Gasteiger partial charge in [0.2, 0.25) is 5.95 Å². The molecule has 1 unspecified atom stereocenters. The van der Waals surface area contributed by atoms with Gasteiger partial charge in [-0.2, -0.15) is 4.68 Å². The average Bonchev–Trinajstić information content (AvgIpc) is 3.18. The molecule has 1 aromatic carbocycles. The van der Waals surface area contributed by atoms with Crippen molar-refractivity contribution in [1.82, 2.24) is 30.1 Å². The van der Waals surface area contributed by atoms with E-state index in [0.29, 0.717) is 5.95 Å². The van der Waals surface area contributed by atoms with E-state index in [-0.39, 0.29) is 6.04 Å². The SMILES string of the molecule is CC(CN1CCN(c2ccccn2)CC1)Nc1nnnn1-c1ccccc1. The summed E-state index contributed by atoms with van der Waals surface area (Å²) in [7, 11) is 0. The zero-order valence-electron chi connectivity index (χ0n) is 15.4. The Morgan fingerprint density at radius 3 is 2.52 bits per heavy atom. The second-order valence-electron chi connectivity index (χ2n) is 6.77. The Morgan fingerprint density at radius 1 is 1.00 bits per heavy atom. The minimum atomic E-state index is 0.236. The summed E-state index contributed by atoms with van der Waals surface area (Å²) < 4.78 is 1.73. The number of pyridine rings is 1. The third-order valence-corrected chi connectivity index (χ3v) is 4.72. The standard InChI is InChI=1S/C19H24N8/c1-16(21-19-22-23-24-27(19)17-7-3-2-4-8-17)15-25-11-13-26(14-12-25)18-9-5-6-10-20-18/h2-10,16H,11-15H2,1H3,(H,21,22,24). The van der Waals surface area contributed by atoms with Gasteiger partial charge in [0.25, 0.3) is 0 Å². The highest BCUT2D eigenvalue weighted by Gasteiger charge is 2.20. The van der Waals surface area contributed by atoms with Crippen LogP contribution >= 0.6 is 0 Å². The molecule has 1 atom stereocenters. The number of hydrogen-bond donors (Lipinski definition) is 1. The molecule has 140 valence electrons. The molecule has 1 aliphatic heterocycles. The normalized spacial score (nSPS) is 16.3. The van der Waals surface area contributed by atoms with E-state index in [0.717, 1.165) is 44.2 Å². The summed E-state index contributed by atoms with van der Waals surface area (Å²) in [5.41, 5.74) is 0.946. The molecule has 2 aromatic heterocycles. The van der Waals surface area contributed by atoms with Crippen LogP contribution in [0.25, 0.3) is 5.69 Å². The van der Waals surface area contributed by atoms with Crippen molar-refractivity contribution in [2.45, 2.75) is 13.0 Å². The molecule has 4 rings (SSSR count). The maximum atomic E-state index is 4.45. The molecular formula is C19H24N8. The van der Waals surface area contributed by atoms with Crippen LogP contribution in [0.1, 0.15) is 6.92 Å². The van der Waals surface area contributed by atoms with Crippen LogP contribution in [0.15, 0.2) is 54.7 Å². The van der Waals surface area contributed by atoms with E-state index in [9.17, 15) is 0 Å². The summed E-state index contributed by atoms with van der Waals surface area (Å²) >= 11 is 0. The van der Waals surface area contributed by atoms with Gasteiger partial charge in [-0.1, -0.05) is 29.4 Å². The fourth-order valence-corrected chi connectivity index (χ4v) is 3.37. The number of nitrogens with zero attached hydrogens (tertiary/aromatic N) is 7. The molecular weight excluding hydrogens is 340 g/mol. The lowest BCUT2D eigenvalue weighted by Gasteiger charge is -2.36. The maximum absolute atomic E-state index is 4.45. The second-order valence-corrected chi connectivity index (χ2v) is 6.77. The van der Waals surface area contributed by atoms with Crippen LogP contribution in [0, 0.1) is 0 Å². The van der Waals surface area contributed by atoms with Gasteiger partial charge in [-0.15, -0.1) is 0 Å². The topological polar surface area (TPSA) is 75.0 Å². The van der Waals surface area contributed by atoms with Crippen molar-refractivity contribution in [3.05, 3.63) is 54.7 Å². The lowest BCUT2D eigenvalue weighted by Crippen LogP contribution is -2.49. The average molecular weight is 364 g/mol. The first-order chi connectivity index (χ1) is 13.3. The number of para-hydroxylation sites is 1. The number of rotatable bonds is 6. The zero-order chi connectivity index (χ0) is 18.5. The molecule has 0 amide bonds. The highest BCUT2D eigenvalue weighted by molar-refractivity contribution is 5.39. The van der Waals surface area contributed by atoms with Crippen LogP contribution in [0.4, 0.5) is 11.8 Å². The minimum Gasteiger partial charge on any atom is -0.354 e. The summed E-state index contributed by atoms with van der Waals surface area (Å²) in [6.07, 6.45) is 1.85. The zero-order valence-corrected chi connectivity index (χ0v) is 15.4. The molecule has 3 aromatic rings. The van der Waals surface area contributed by atoms with Gasteiger partial charge < -0.3 is 10.2 Å². The van der Waals surface area contributed by atoms with Crippen LogP contribution in [0.2, 0.25) is 0 Å². The van der Waals surface area contributed by atoms with E-state index >= 15 is 0 Å². The number of piperazine rings is 1. The molecule has 3 heterocycles. The molecule has 8 nitrogen and oxygen atoms in total. The van der Waals surface area contributed by atoms with E-state index in [1.54, 1.807) is 4.68 Å². The van der Waals surface area contributed by atoms with Crippen LogP contribution < -0.4 is 10.2 Å². The summed E-state index contributed by atoms with van der Waals surface area (Å²) in [5, 5.41) is 15.5. The summed E-state index contributed by atoms with van der Waals surface area (Å²) in [5.74, 6) is 1.73. The first-order valence-electron chi connectivity index (χ1n) is 9.28. The number of hydrogen-bond acceptors (Lipinski definition) is 7. The number of anilines is 2. The van der Waals surface area contributed by atoms with Crippen molar-refractivity contribution in [3.8, 4) is 5.69 Å². The van der Waals surface area contributed by atoms with Crippen LogP contribution in [0.3, 0.4) is 0 Å². The van der Waals surface area contributed by atoms with Gasteiger partial charge in [0.15, 0.2) is 0 Å². The van der Waals surface area contributed by atoms with Crippen molar-refractivity contribution >= 4 is 11.8 Å². The molecule has 1 aliphatic rings. The van der Waals surface area contributed by atoms with Gasteiger partial charge in [-0.3, -0.25) is 4.90 Å². The predicted octanol–water partition coefficient (Wildman–Crippen LogP) is 1.68. The number of aromatic nitrogens is 5. The van der Waals surface area contributed by atoms with Crippen molar-refractivity contribution in [1.29, 1.82) is 0 Å². The van der Waals surface area contributed by atoms with Gasteiger partial charge in [-0.25, -0.2) is 4.98 Å². The Kier molecular flexibility index (Phi) is 5.24. The Morgan fingerprint density at radius 2 is 1.78 bits per heavy atom. The fourth-order valence-electron chi connectivity index (χ4n) is 3.37. The summed E-state index contributed by atoms with van der Waals surface area (Å²) in [4.78, 5) is 9.25. The van der Waals surface area contributed by atoms with E-state index in [2.05, 4.69) is 48.6 Å².